The number of aryl methyl sites for hydroxylation is 1. The fraction of sp³-hybridized carbons (Fsp3) is 0.300. The Morgan fingerprint density at radius 2 is 1.90 bits per heavy atom. The molecule has 2 heterocycles. The summed E-state index contributed by atoms with van der Waals surface area (Å²) in [6.45, 7) is 2.48. The highest BCUT2D eigenvalue weighted by molar-refractivity contribution is 7.90. The highest BCUT2D eigenvalue weighted by Gasteiger charge is 2.31. The quantitative estimate of drug-likeness (QED) is 0.681. The van der Waals surface area contributed by atoms with Gasteiger partial charge in [0.1, 0.15) is 9.88 Å². The summed E-state index contributed by atoms with van der Waals surface area (Å²) in [5.41, 5.74) is 0.449. The molecule has 2 aliphatic rings. The number of hydrogen-bond acceptors (Lipinski definition) is 7. The third-order valence-corrected chi connectivity index (χ3v) is 9.62. The molecule has 4 rings (SSSR count). The monoisotopic (exact) mass is 479 g/mol. The van der Waals surface area contributed by atoms with Gasteiger partial charge in [-0.2, -0.15) is 4.31 Å². The van der Waals surface area contributed by atoms with E-state index in [0.717, 1.165) is 35.3 Å². The molecule has 0 saturated carbocycles. The number of amides is 1. The SMILES string of the molecule is Cc1nc(C2C=CC=CC2)sc1C(=O)NS(=O)(=O)c1cccc(S(=O)(=O)N2CCC2)c1. The molecule has 1 aliphatic heterocycles. The van der Waals surface area contributed by atoms with Crippen molar-refractivity contribution in [2.24, 2.45) is 0 Å². The number of carbonyl (C=O) groups excluding carboxylic acids is 1. The number of allylic oxidation sites excluding steroid dienone is 4. The number of benzene rings is 1. The van der Waals surface area contributed by atoms with Crippen molar-refractivity contribution in [3.63, 3.8) is 0 Å². The van der Waals surface area contributed by atoms with Gasteiger partial charge in [-0.15, -0.1) is 11.3 Å². The van der Waals surface area contributed by atoms with Crippen molar-refractivity contribution in [1.29, 1.82) is 0 Å². The second-order valence-corrected chi connectivity index (χ2v) is 11.9. The summed E-state index contributed by atoms with van der Waals surface area (Å²) < 4.78 is 54.0. The minimum atomic E-state index is -4.27. The van der Waals surface area contributed by atoms with Gasteiger partial charge in [0.2, 0.25) is 10.0 Å². The van der Waals surface area contributed by atoms with Crippen LogP contribution in [0.2, 0.25) is 0 Å². The molecule has 11 heteroatoms. The lowest BCUT2D eigenvalue weighted by Crippen LogP contribution is -2.42. The summed E-state index contributed by atoms with van der Waals surface area (Å²) in [7, 11) is -8.01. The van der Waals surface area contributed by atoms with Gasteiger partial charge in [-0.25, -0.2) is 26.5 Å². The third-order valence-electron chi connectivity index (χ3n) is 5.11. The second kappa shape index (κ2) is 8.30. The summed E-state index contributed by atoms with van der Waals surface area (Å²) in [6.07, 6.45) is 9.38. The number of nitrogens with one attached hydrogen (secondary N) is 1. The van der Waals surface area contributed by atoms with E-state index in [1.54, 1.807) is 6.92 Å². The van der Waals surface area contributed by atoms with Crippen LogP contribution in [0.3, 0.4) is 0 Å². The lowest BCUT2D eigenvalue weighted by Gasteiger charge is -2.29. The van der Waals surface area contributed by atoms with Gasteiger partial charge in [0.05, 0.1) is 15.5 Å². The smallest absolute Gasteiger partial charge is 0.267 e. The van der Waals surface area contributed by atoms with Gasteiger partial charge in [-0.1, -0.05) is 30.4 Å². The number of aromatic nitrogens is 1. The lowest BCUT2D eigenvalue weighted by atomic mass is 10.0. The summed E-state index contributed by atoms with van der Waals surface area (Å²) in [6, 6.07) is 5.03. The topological polar surface area (TPSA) is 114 Å². The van der Waals surface area contributed by atoms with Crippen molar-refractivity contribution < 1.29 is 21.6 Å². The maximum atomic E-state index is 12.8. The van der Waals surface area contributed by atoms with Gasteiger partial charge in [-0.3, -0.25) is 4.79 Å². The summed E-state index contributed by atoms with van der Waals surface area (Å²) in [5.74, 6) is -0.733. The molecule has 1 saturated heterocycles. The van der Waals surface area contributed by atoms with Crippen molar-refractivity contribution >= 4 is 37.3 Å². The van der Waals surface area contributed by atoms with Gasteiger partial charge in [-0.05, 0) is 38.0 Å². The van der Waals surface area contributed by atoms with Crippen LogP contribution in [0.25, 0.3) is 0 Å². The van der Waals surface area contributed by atoms with E-state index < -0.39 is 26.0 Å². The molecule has 1 aromatic carbocycles. The molecular formula is C20H21N3O5S3. The molecule has 1 aromatic heterocycles. The molecule has 2 aromatic rings. The van der Waals surface area contributed by atoms with E-state index in [4.69, 9.17) is 0 Å². The van der Waals surface area contributed by atoms with Crippen LogP contribution < -0.4 is 4.72 Å². The van der Waals surface area contributed by atoms with Gasteiger partial charge >= 0.3 is 0 Å². The number of sulfonamides is 2. The minimum absolute atomic E-state index is 0.0512. The molecule has 1 aliphatic carbocycles. The molecule has 0 bridgehead atoms. The highest BCUT2D eigenvalue weighted by atomic mass is 32.2. The summed E-state index contributed by atoms with van der Waals surface area (Å²) in [4.78, 5) is 17.0. The summed E-state index contributed by atoms with van der Waals surface area (Å²) >= 11 is 1.16. The van der Waals surface area contributed by atoms with Crippen LogP contribution in [-0.4, -0.2) is 45.1 Å². The molecule has 1 unspecified atom stereocenters. The maximum absolute atomic E-state index is 12.8. The van der Waals surface area contributed by atoms with Gasteiger partial charge in [0.25, 0.3) is 15.9 Å². The predicted molar refractivity (Wildman–Crippen MR) is 117 cm³/mol. The van der Waals surface area contributed by atoms with Crippen molar-refractivity contribution in [2.75, 3.05) is 13.1 Å². The van der Waals surface area contributed by atoms with E-state index >= 15 is 0 Å². The Bertz CT molecular complexity index is 1290. The molecule has 1 N–H and O–H groups in total. The molecule has 8 nitrogen and oxygen atoms in total. The molecule has 31 heavy (non-hydrogen) atoms. The predicted octanol–water partition coefficient (Wildman–Crippen LogP) is 2.56. The Morgan fingerprint density at radius 3 is 2.55 bits per heavy atom. The van der Waals surface area contributed by atoms with Crippen LogP contribution in [0, 0.1) is 6.92 Å². The first-order valence-electron chi connectivity index (χ1n) is 9.66. The Hall–Kier alpha value is -2.34. The molecular weight excluding hydrogens is 458 g/mol. The number of rotatable bonds is 6. The molecule has 1 amide bonds. The maximum Gasteiger partial charge on any atom is 0.276 e. The first-order valence-corrected chi connectivity index (χ1v) is 13.4. The van der Waals surface area contributed by atoms with E-state index in [1.807, 2.05) is 29.0 Å². The fourth-order valence-corrected chi connectivity index (χ4v) is 7.02. The first kappa shape index (κ1) is 21.9. The van der Waals surface area contributed by atoms with Crippen molar-refractivity contribution in [3.05, 3.63) is 64.1 Å². The number of hydrogen-bond donors (Lipinski definition) is 1. The molecule has 1 fully saturated rings. The van der Waals surface area contributed by atoms with Gasteiger partial charge in [0, 0.05) is 19.0 Å². The average Bonchev–Trinajstić information content (AvgIpc) is 3.09. The Balaban J connectivity index is 1.56. The Kier molecular flexibility index (Phi) is 5.86. The van der Waals surface area contributed by atoms with Crippen molar-refractivity contribution in [2.45, 2.75) is 35.5 Å². The molecule has 1 atom stereocenters. The normalized spacial score (nSPS) is 19.2. The minimum Gasteiger partial charge on any atom is -0.267 e. The van der Waals surface area contributed by atoms with Gasteiger partial charge in [0.15, 0.2) is 0 Å². The van der Waals surface area contributed by atoms with Gasteiger partial charge < -0.3 is 0 Å². The third kappa shape index (κ3) is 4.36. The number of thiazole rings is 1. The zero-order valence-electron chi connectivity index (χ0n) is 16.7. The van der Waals surface area contributed by atoms with Crippen molar-refractivity contribution in [3.8, 4) is 0 Å². The van der Waals surface area contributed by atoms with E-state index in [1.165, 1.54) is 22.5 Å². The zero-order chi connectivity index (χ0) is 22.2. The van der Waals surface area contributed by atoms with Crippen LogP contribution in [0.5, 0.6) is 0 Å². The molecule has 0 radical (unpaired) electrons. The average molecular weight is 480 g/mol. The highest BCUT2D eigenvalue weighted by Crippen LogP contribution is 2.30. The Morgan fingerprint density at radius 1 is 1.16 bits per heavy atom. The van der Waals surface area contributed by atoms with Crippen LogP contribution in [0.15, 0.2) is 58.4 Å². The largest absolute Gasteiger partial charge is 0.276 e. The Labute approximate surface area is 185 Å². The van der Waals surface area contributed by atoms with Crippen LogP contribution in [0.4, 0.5) is 0 Å². The summed E-state index contributed by atoms with van der Waals surface area (Å²) in [5, 5.41) is 0.739. The number of carbonyl (C=O) groups is 1. The van der Waals surface area contributed by atoms with Crippen LogP contribution in [0.1, 0.15) is 39.1 Å². The van der Waals surface area contributed by atoms with E-state index in [0.29, 0.717) is 18.8 Å². The number of nitrogens with zero attached hydrogens (tertiary/aromatic N) is 2. The van der Waals surface area contributed by atoms with E-state index in [-0.39, 0.29) is 20.6 Å². The van der Waals surface area contributed by atoms with Crippen LogP contribution >= 0.6 is 11.3 Å². The fourth-order valence-electron chi connectivity index (χ4n) is 3.26. The lowest BCUT2D eigenvalue weighted by molar-refractivity contribution is 0.0984. The van der Waals surface area contributed by atoms with Crippen LogP contribution in [-0.2, 0) is 20.0 Å². The van der Waals surface area contributed by atoms with Crippen molar-refractivity contribution in [1.82, 2.24) is 14.0 Å². The van der Waals surface area contributed by atoms with E-state index in [9.17, 15) is 21.6 Å². The first-order chi connectivity index (χ1) is 14.7. The standard InChI is InChI=1S/C20H21N3O5S3/c1-14-18(29-20(21-14)15-7-3-2-4-8-15)19(24)22-30(25,26)16-9-5-10-17(13-16)31(27,28)23-11-6-12-23/h2-5,7,9-10,13,15H,6,8,11-12H2,1H3,(H,22,24). The zero-order valence-corrected chi connectivity index (χ0v) is 19.1. The second-order valence-electron chi connectivity index (χ2n) is 7.29. The van der Waals surface area contributed by atoms with E-state index in [2.05, 4.69) is 4.98 Å². The molecule has 164 valence electrons. The molecule has 0 spiro atoms.